The van der Waals surface area contributed by atoms with E-state index in [4.69, 9.17) is 62.3 Å². The van der Waals surface area contributed by atoms with Crippen molar-refractivity contribution in [2.45, 2.75) is 23.1 Å². The first-order chi connectivity index (χ1) is 18.5. The molecule has 0 aliphatic heterocycles. The summed E-state index contributed by atoms with van der Waals surface area (Å²) < 4.78 is 4.54. The van der Waals surface area contributed by atoms with Crippen molar-refractivity contribution in [3.63, 3.8) is 0 Å². The standard InChI is InChI=1S/C11H11Cl2NO3.C9H7N3O.C2H2Cl2O2.C2H3N/c12-10(13)11(16)17-7-9(15)14-6-8-4-2-1-3-5-8;10-12-7-9(13)11-6-8-4-2-1-3-5-8;3-1(4)2(5)6;1-2-3/h1-5,10H,6-7H2,(H,14,15);1-2,4-5,7H,6H2;1H,(H,5,6);1H3/p+1. The summed E-state index contributed by atoms with van der Waals surface area (Å²) in [4.78, 5) is 42.4. The predicted octanol–water partition coefficient (Wildman–Crippen LogP) is 3.31. The van der Waals surface area contributed by atoms with Gasteiger partial charge in [0.2, 0.25) is 9.67 Å². The number of hydrogen-bond donors (Lipinski definition) is 3. The Morgan fingerprint density at radius 3 is 2.18 bits per heavy atom. The van der Waals surface area contributed by atoms with Gasteiger partial charge in [-0.25, -0.2) is 9.59 Å². The van der Waals surface area contributed by atoms with Gasteiger partial charge in [-0.05, 0) is 5.56 Å². The molecule has 0 bridgehead atoms. The monoisotopic (exact) mass is 618 g/mol. The van der Waals surface area contributed by atoms with E-state index in [1.54, 1.807) is 18.2 Å². The summed E-state index contributed by atoms with van der Waals surface area (Å²) in [5.74, 6) is -2.87. The van der Waals surface area contributed by atoms with Gasteiger partial charge in [0.05, 0.1) is 24.3 Å². The molecule has 0 fully saturated rings. The summed E-state index contributed by atoms with van der Waals surface area (Å²) in [6, 6.07) is 11.1. The number of halogens is 4. The van der Waals surface area contributed by atoms with Gasteiger partial charge in [-0.2, -0.15) is 10.1 Å². The van der Waals surface area contributed by atoms with Gasteiger partial charge in [0.25, 0.3) is 5.91 Å². The number of hydrogen-bond acceptors (Lipinski definition) is 6. The van der Waals surface area contributed by atoms with Gasteiger partial charge in [-0.15, -0.1) is 0 Å². The summed E-state index contributed by atoms with van der Waals surface area (Å²) in [5.41, 5.74) is 9.94. The topological polar surface area (TPSA) is 182 Å². The van der Waals surface area contributed by atoms with E-state index in [1.807, 2.05) is 42.5 Å². The molecule has 0 radical (unpaired) electrons. The third kappa shape index (κ3) is 24.4. The molecule has 0 aromatic heterocycles. The minimum absolute atomic E-state index is 0.377. The van der Waals surface area contributed by atoms with Crippen LogP contribution in [0.4, 0.5) is 0 Å². The van der Waals surface area contributed by atoms with Crippen LogP contribution < -0.4 is 10.6 Å². The highest BCUT2D eigenvalue weighted by Gasteiger charge is 2.14. The lowest BCUT2D eigenvalue weighted by Crippen LogP contribution is -2.29. The van der Waals surface area contributed by atoms with Crippen LogP contribution in [0.25, 0.3) is 5.53 Å². The molecule has 11 nitrogen and oxygen atoms in total. The van der Waals surface area contributed by atoms with E-state index in [0.717, 1.165) is 17.4 Å². The molecule has 0 atom stereocenters. The number of carboxylic acids is 1. The number of carbonyl (C=O) groups excluding carboxylic acids is 3. The molecular formula is C24H24Cl4N5O6+. The van der Waals surface area contributed by atoms with Gasteiger partial charge in [0, 0.05) is 25.6 Å². The predicted molar refractivity (Wildman–Crippen MR) is 147 cm³/mol. The fourth-order valence-electron chi connectivity index (χ4n) is 1.87. The molecule has 1 aliphatic rings. The Kier molecular flexibility index (Phi) is 23.6. The average molecular weight is 620 g/mol. The Morgan fingerprint density at radius 2 is 1.72 bits per heavy atom. The number of rotatable bonds is 9. The Labute approximate surface area is 245 Å². The number of esters is 1. The zero-order valence-electron chi connectivity index (χ0n) is 20.4. The van der Waals surface area contributed by atoms with Gasteiger partial charge in [0.1, 0.15) is 12.2 Å². The first-order valence-corrected chi connectivity index (χ1v) is 12.2. The summed E-state index contributed by atoms with van der Waals surface area (Å²) >= 11 is 20.0. The van der Waals surface area contributed by atoms with Crippen LogP contribution in [0, 0.1) is 17.4 Å². The molecule has 3 N–H and O–H groups in total. The fourth-order valence-corrected chi connectivity index (χ4v) is 2.00. The molecule has 0 saturated carbocycles. The largest absolute Gasteiger partial charge is 0.479 e. The first kappa shape index (κ1) is 37.4. The summed E-state index contributed by atoms with van der Waals surface area (Å²) in [6.07, 6.45) is 10.9. The Bertz CT molecular complexity index is 1100. The van der Waals surface area contributed by atoms with Crippen LogP contribution >= 0.6 is 46.4 Å². The average Bonchev–Trinajstić information content (AvgIpc) is 2.91. The van der Waals surface area contributed by atoms with E-state index in [-0.39, 0.29) is 6.61 Å². The maximum Gasteiger partial charge on any atom is 0.344 e. The molecule has 208 valence electrons. The van der Waals surface area contributed by atoms with Gasteiger partial charge >= 0.3 is 24.1 Å². The van der Waals surface area contributed by atoms with Crippen molar-refractivity contribution in [3.05, 3.63) is 77.4 Å². The van der Waals surface area contributed by atoms with E-state index in [9.17, 15) is 19.2 Å². The molecule has 1 aliphatic carbocycles. The second-order valence-corrected chi connectivity index (χ2v) is 8.60. The molecule has 1 aromatic carbocycles. The molecule has 0 heterocycles. The summed E-state index contributed by atoms with van der Waals surface area (Å²) in [5, 5.41) is 20.2. The summed E-state index contributed by atoms with van der Waals surface area (Å²) in [6.45, 7) is 1.83. The van der Waals surface area contributed by atoms with Crippen LogP contribution in [0.1, 0.15) is 12.5 Å². The zero-order chi connectivity index (χ0) is 30.1. The Morgan fingerprint density at radius 1 is 1.13 bits per heavy atom. The maximum absolute atomic E-state index is 11.3. The van der Waals surface area contributed by atoms with Crippen LogP contribution in [0.5, 0.6) is 0 Å². The molecule has 1 aromatic rings. The third-order valence-electron chi connectivity index (χ3n) is 3.46. The molecule has 0 unspecified atom stereocenters. The maximum atomic E-state index is 11.3. The first-order valence-electron chi connectivity index (χ1n) is 10.5. The van der Waals surface area contributed by atoms with Crippen LogP contribution in [0.3, 0.4) is 0 Å². The Balaban J connectivity index is 0. The van der Waals surface area contributed by atoms with Crippen molar-refractivity contribution in [1.29, 1.82) is 5.26 Å². The van der Waals surface area contributed by atoms with Crippen molar-refractivity contribution in [3.8, 4) is 6.07 Å². The number of alkyl halides is 4. The molecule has 0 saturated heterocycles. The smallest absolute Gasteiger partial charge is 0.344 e. The Hall–Kier alpha value is -3.74. The SMILES string of the molecule is CC#N.O=C(COC(=O)C(Cl)Cl)NCc1ccccc1.O=C(O)C(Cl)Cl.[N-]=[N+]=CC(=O)NCC1=CC=C[C+]=C1. The summed E-state index contributed by atoms with van der Waals surface area (Å²) in [7, 11) is 0. The van der Waals surface area contributed by atoms with Gasteiger partial charge in [-0.1, -0.05) is 76.7 Å². The van der Waals surface area contributed by atoms with Crippen LogP contribution in [0.15, 0.2) is 60.2 Å². The number of carboxylic acid groups (broad SMARTS) is 1. The van der Waals surface area contributed by atoms with Crippen molar-refractivity contribution >= 4 is 76.4 Å². The highest BCUT2D eigenvalue weighted by molar-refractivity contribution is 6.53. The molecular weight excluding hydrogens is 596 g/mol. The number of carbonyl (C=O) groups is 4. The lowest BCUT2D eigenvalue weighted by Gasteiger charge is -2.06. The van der Waals surface area contributed by atoms with E-state index in [2.05, 4.69) is 26.2 Å². The number of amides is 2. The van der Waals surface area contributed by atoms with Crippen molar-refractivity contribution < 1.29 is 33.8 Å². The number of allylic oxidation sites excluding steroid dienone is 4. The highest BCUT2D eigenvalue weighted by Crippen LogP contribution is 2.03. The van der Waals surface area contributed by atoms with Crippen molar-refractivity contribution in [2.75, 3.05) is 13.2 Å². The lowest BCUT2D eigenvalue weighted by atomic mass is 10.1. The fraction of sp³-hybridized carbons (Fsp3) is 0.250. The number of benzene rings is 1. The molecule has 0 spiro atoms. The number of ether oxygens (including phenoxy) is 1. The van der Waals surface area contributed by atoms with Gasteiger partial charge in [-0.3, -0.25) is 9.59 Å². The number of nitriles is 1. The van der Waals surface area contributed by atoms with Crippen LogP contribution in [-0.4, -0.2) is 62.7 Å². The minimum atomic E-state index is -1.29. The minimum Gasteiger partial charge on any atom is -0.479 e. The van der Waals surface area contributed by atoms with Crippen LogP contribution in [0.2, 0.25) is 0 Å². The quantitative estimate of drug-likeness (QED) is 0.0945. The van der Waals surface area contributed by atoms with Gasteiger partial charge in [0.15, 0.2) is 6.61 Å². The second kappa shape index (κ2) is 24.6. The lowest BCUT2D eigenvalue weighted by molar-refractivity contribution is -0.146. The molecule has 2 rings (SSSR count). The second-order valence-electron chi connectivity index (χ2n) is 6.41. The van der Waals surface area contributed by atoms with Crippen molar-refractivity contribution in [1.82, 2.24) is 10.6 Å². The third-order valence-corrected chi connectivity index (χ3v) is 4.19. The molecule has 2 amide bonds. The van der Waals surface area contributed by atoms with E-state index < -0.39 is 33.4 Å². The number of aliphatic carboxylic acids is 1. The zero-order valence-corrected chi connectivity index (χ0v) is 23.4. The normalized spacial score (nSPS) is 10.2. The number of nitrogens with one attached hydrogen (secondary N) is 2. The number of nitrogens with zero attached hydrogens (tertiary/aromatic N) is 3. The van der Waals surface area contributed by atoms with E-state index in [1.165, 1.54) is 6.92 Å². The van der Waals surface area contributed by atoms with E-state index >= 15 is 0 Å². The van der Waals surface area contributed by atoms with Crippen molar-refractivity contribution in [2.24, 2.45) is 0 Å². The van der Waals surface area contributed by atoms with E-state index in [0.29, 0.717) is 13.1 Å². The highest BCUT2D eigenvalue weighted by atomic mass is 35.5. The molecule has 39 heavy (non-hydrogen) atoms. The van der Waals surface area contributed by atoms with Gasteiger partial charge < -0.3 is 26.0 Å². The molecule has 15 heteroatoms. The van der Waals surface area contributed by atoms with Crippen LogP contribution in [-0.2, 0) is 30.5 Å².